The van der Waals surface area contributed by atoms with E-state index in [1.807, 2.05) is 38.1 Å². The first-order chi connectivity index (χ1) is 17.8. The summed E-state index contributed by atoms with van der Waals surface area (Å²) in [5.74, 6) is -0.341. The molecule has 11 heteroatoms. The fourth-order valence-corrected chi connectivity index (χ4v) is 3.68. The van der Waals surface area contributed by atoms with Crippen molar-refractivity contribution in [3.63, 3.8) is 0 Å². The molecule has 10 nitrogen and oxygen atoms in total. The van der Waals surface area contributed by atoms with Gasteiger partial charge in [0.2, 0.25) is 12.3 Å². The first kappa shape index (κ1) is 29.5. The maximum absolute atomic E-state index is 11.0. The Morgan fingerprint density at radius 3 is 2.41 bits per heavy atom. The molecule has 1 aromatic heterocycles. The molecular formula is C26H33ClN4O6. The van der Waals surface area contributed by atoms with Gasteiger partial charge in [-0.2, -0.15) is 0 Å². The zero-order valence-corrected chi connectivity index (χ0v) is 21.6. The van der Waals surface area contributed by atoms with Crippen LogP contribution in [-0.4, -0.2) is 46.0 Å². The lowest BCUT2D eigenvalue weighted by Gasteiger charge is -2.09. The largest absolute Gasteiger partial charge is 0.507 e. The summed E-state index contributed by atoms with van der Waals surface area (Å²) in [5.41, 5.74) is 5.23. The molecule has 200 valence electrons. The number of hydroxylamine groups is 1. The number of rotatable bonds is 12. The molecule has 0 saturated heterocycles. The number of amides is 2. The Balaban J connectivity index is 0.000000877. The second kappa shape index (κ2) is 15.4. The first-order valence-corrected chi connectivity index (χ1v) is 12.3. The Kier molecular flexibility index (Phi) is 12.2. The van der Waals surface area contributed by atoms with E-state index in [0.29, 0.717) is 29.8 Å². The van der Waals surface area contributed by atoms with Gasteiger partial charge in [0, 0.05) is 31.3 Å². The Morgan fingerprint density at radius 1 is 1.08 bits per heavy atom. The summed E-state index contributed by atoms with van der Waals surface area (Å²) < 4.78 is 5.47. The number of aromatic hydroxyl groups is 2. The van der Waals surface area contributed by atoms with Crippen molar-refractivity contribution >= 4 is 29.6 Å². The number of unbranched alkanes of at least 4 members (excludes halogenated alkanes) is 3. The molecule has 0 bridgehead atoms. The van der Waals surface area contributed by atoms with Gasteiger partial charge in [0.25, 0.3) is 0 Å². The van der Waals surface area contributed by atoms with Gasteiger partial charge < -0.3 is 25.4 Å². The first-order valence-electron chi connectivity index (χ1n) is 11.9. The van der Waals surface area contributed by atoms with Gasteiger partial charge in [0.05, 0.1) is 21.8 Å². The summed E-state index contributed by atoms with van der Waals surface area (Å²) in [4.78, 5) is 20.2. The number of hydrogen-bond donors (Lipinski definition) is 6. The van der Waals surface area contributed by atoms with Gasteiger partial charge in [-0.05, 0) is 50.5 Å². The van der Waals surface area contributed by atoms with Crippen LogP contribution in [0.3, 0.4) is 0 Å². The molecule has 0 aliphatic heterocycles. The minimum atomic E-state index is -0.349. The van der Waals surface area contributed by atoms with E-state index >= 15 is 0 Å². The fourth-order valence-electron chi connectivity index (χ4n) is 3.52. The summed E-state index contributed by atoms with van der Waals surface area (Å²) in [7, 11) is 0. The molecule has 0 aliphatic rings. The minimum absolute atomic E-state index is 0.106. The zero-order valence-electron chi connectivity index (χ0n) is 20.9. The van der Waals surface area contributed by atoms with Crippen molar-refractivity contribution in [3.05, 3.63) is 47.1 Å². The lowest BCUT2D eigenvalue weighted by atomic mass is 9.99. The van der Waals surface area contributed by atoms with Gasteiger partial charge in [0.1, 0.15) is 11.5 Å². The van der Waals surface area contributed by atoms with Crippen molar-refractivity contribution in [2.75, 3.05) is 18.4 Å². The maximum atomic E-state index is 11.0. The highest BCUT2D eigenvalue weighted by Crippen LogP contribution is 2.42. The molecule has 37 heavy (non-hydrogen) atoms. The van der Waals surface area contributed by atoms with Crippen LogP contribution < -0.4 is 16.1 Å². The van der Waals surface area contributed by atoms with Crippen molar-refractivity contribution in [1.82, 2.24) is 16.0 Å². The van der Waals surface area contributed by atoms with Crippen molar-refractivity contribution in [2.24, 2.45) is 0 Å². The molecule has 0 aliphatic carbocycles. The number of carbonyl (C=O) groups is 2. The van der Waals surface area contributed by atoms with Crippen molar-refractivity contribution in [1.29, 1.82) is 0 Å². The molecule has 0 radical (unpaired) electrons. The van der Waals surface area contributed by atoms with Crippen LogP contribution in [0.15, 0.2) is 40.9 Å². The Bertz CT molecular complexity index is 1150. The Labute approximate surface area is 220 Å². The second-order valence-corrected chi connectivity index (χ2v) is 8.58. The molecule has 0 saturated carbocycles. The number of aryl methyl sites for hydroxylation is 1. The highest BCUT2D eigenvalue weighted by atomic mass is 35.5. The number of benzene rings is 2. The highest BCUT2D eigenvalue weighted by molar-refractivity contribution is 6.32. The van der Waals surface area contributed by atoms with Crippen LogP contribution >= 0.6 is 11.6 Å². The Morgan fingerprint density at radius 2 is 1.78 bits per heavy atom. The summed E-state index contributed by atoms with van der Waals surface area (Å²) in [6, 6.07) is 10.4. The lowest BCUT2D eigenvalue weighted by Crippen LogP contribution is -2.17. The van der Waals surface area contributed by atoms with E-state index in [9.17, 15) is 19.8 Å². The van der Waals surface area contributed by atoms with Gasteiger partial charge in [0.15, 0.2) is 5.76 Å². The van der Waals surface area contributed by atoms with Crippen LogP contribution in [-0.2, 0) is 9.59 Å². The van der Waals surface area contributed by atoms with Crippen molar-refractivity contribution in [2.45, 2.75) is 46.0 Å². The number of nitrogens with zero attached hydrogens (tertiary/aromatic N) is 1. The smallest absolute Gasteiger partial charge is 0.243 e. The van der Waals surface area contributed by atoms with Gasteiger partial charge in [-0.1, -0.05) is 41.7 Å². The van der Waals surface area contributed by atoms with Crippen molar-refractivity contribution in [3.8, 4) is 33.9 Å². The topological polar surface area (TPSA) is 157 Å². The predicted octanol–water partition coefficient (Wildman–Crippen LogP) is 5.00. The quantitative estimate of drug-likeness (QED) is 0.0822. The lowest BCUT2D eigenvalue weighted by molar-refractivity contribution is -0.129. The van der Waals surface area contributed by atoms with Crippen LogP contribution in [0.2, 0.25) is 5.02 Å². The third-order valence-corrected chi connectivity index (χ3v) is 5.72. The van der Waals surface area contributed by atoms with Crippen LogP contribution in [0, 0.1) is 6.92 Å². The molecule has 3 aromatic rings. The monoisotopic (exact) mass is 532 g/mol. The number of phenols is 2. The number of halogens is 1. The summed E-state index contributed by atoms with van der Waals surface area (Å²) in [6.45, 7) is 5.22. The maximum Gasteiger partial charge on any atom is 0.243 e. The molecule has 0 fully saturated rings. The highest BCUT2D eigenvalue weighted by Gasteiger charge is 2.21. The molecule has 0 unspecified atom stereocenters. The SMILES string of the molecule is CCNC=O.Cc1noc(-c2cc(Cl)c(O)cc2O)c1-c1ccc(NCCCCCCC(=O)NO)cc1. The Hall–Kier alpha value is -3.76. The average molecular weight is 533 g/mol. The number of phenolic OH excluding ortho intramolecular Hbond substituents is 2. The van der Waals surface area contributed by atoms with E-state index in [1.165, 1.54) is 12.1 Å². The summed E-state index contributed by atoms with van der Waals surface area (Å²) in [5, 5.41) is 38.4. The molecule has 0 spiro atoms. The molecule has 1 heterocycles. The number of carbonyl (C=O) groups excluding carboxylic acids is 2. The molecular weight excluding hydrogens is 500 g/mol. The van der Waals surface area contributed by atoms with Crippen LogP contribution in [0.5, 0.6) is 11.5 Å². The number of aromatic nitrogens is 1. The van der Waals surface area contributed by atoms with E-state index in [0.717, 1.165) is 55.6 Å². The van der Waals surface area contributed by atoms with E-state index < -0.39 is 0 Å². The van der Waals surface area contributed by atoms with Crippen LogP contribution in [0.25, 0.3) is 22.5 Å². The summed E-state index contributed by atoms with van der Waals surface area (Å²) in [6.07, 6.45) is 4.66. The second-order valence-electron chi connectivity index (χ2n) is 8.17. The molecule has 3 rings (SSSR count). The van der Waals surface area contributed by atoms with E-state index in [2.05, 4.69) is 15.8 Å². The van der Waals surface area contributed by atoms with Crippen LogP contribution in [0.4, 0.5) is 5.69 Å². The molecule has 6 N–H and O–H groups in total. The number of anilines is 1. The number of hydrogen-bond acceptors (Lipinski definition) is 8. The van der Waals surface area contributed by atoms with Crippen molar-refractivity contribution < 1.29 is 29.5 Å². The average Bonchev–Trinajstić information content (AvgIpc) is 3.27. The normalized spacial score (nSPS) is 10.3. The summed E-state index contributed by atoms with van der Waals surface area (Å²) >= 11 is 6.01. The standard InChI is InChI=1S/C23H26ClN3O5.C3H7NO/c1-14-22(23(32-27-14)17-12-18(24)20(29)13-19(17)28)15-7-9-16(10-8-15)25-11-5-3-2-4-6-21(30)26-31;1-2-4-3-5/h7-10,12-13,25,28-29,31H,2-6,11H2,1H3,(H,26,30);3H,2H2,1H3,(H,4,5). The molecule has 2 amide bonds. The predicted molar refractivity (Wildman–Crippen MR) is 142 cm³/mol. The van der Waals surface area contributed by atoms with E-state index in [1.54, 1.807) is 5.48 Å². The van der Waals surface area contributed by atoms with Gasteiger partial charge in [-0.3, -0.25) is 14.8 Å². The van der Waals surface area contributed by atoms with Gasteiger partial charge in [-0.15, -0.1) is 0 Å². The van der Waals surface area contributed by atoms with Gasteiger partial charge >= 0.3 is 0 Å². The molecule has 0 atom stereocenters. The third kappa shape index (κ3) is 9.00. The number of nitrogens with one attached hydrogen (secondary N) is 3. The third-order valence-electron chi connectivity index (χ3n) is 5.42. The van der Waals surface area contributed by atoms with E-state index in [-0.39, 0.29) is 22.4 Å². The molecule has 2 aromatic carbocycles. The fraction of sp³-hybridized carbons (Fsp3) is 0.346. The van der Waals surface area contributed by atoms with Crippen LogP contribution in [0.1, 0.15) is 44.7 Å². The zero-order chi connectivity index (χ0) is 27.2. The minimum Gasteiger partial charge on any atom is -0.507 e. The van der Waals surface area contributed by atoms with E-state index in [4.69, 9.17) is 21.3 Å². The van der Waals surface area contributed by atoms with Gasteiger partial charge in [-0.25, -0.2) is 5.48 Å².